The fourth-order valence-corrected chi connectivity index (χ4v) is 3.27. The molecular formula is C14H9BrO2S. The number of thiophene rings is 1. The number of ketones is 1. The van der Waals surface area contributed by atoms with Gasteiger partial charge in [-0.05, 0) is 46.6 Å². The van der Waals surface area contributed by atoms with Gasteiger partial charge in [-0.2, -0.15) is 0 Å². The molecule has 0 aliphatic rings. The summed E-state index contributed by atoms with van der Waals surface area (Å²) in [5.74, 6) is 0.329. The third-order valence-corrected chi connectivity index (χ3v) is 4.87. The fraction of sp³-hybridized carbons (Fsp3) is 0.0714. The Morgan fingerprint density at radius 2 is 2.06 bits per heavy atom. The number of carbonyl (C=O) groups is 1. The van der Waals surface area contributed by atoms with E-state index in [1.54, 1.807) is 6.07 Å². The SMILES string of the molecule is Cc1cc(C(=O)c2cc3ccccc3o2)sc1Br. The van der Waals surface area contributed by atoms with E-state index in [2.05, 4.69) is 15.9 Å². The van der Waals surface area contributed by atoms with Crippen LogP contribution in [0.3, 0.4) is 0 Å². The van der Waals surface area contributed by atoms with E-state index in [1.165, 1.54) is 11.3 Å². The molecule has 3 rings (SSSR count). The summed E-state index contributed by atoms with van der Waals surface area (Å²) >= 11 is 4.86. The maximum Gasteiger partial charge on any atom is 0.238 e. The van der Waals surface area contributed by atoms with Gasteiger partial charge in [-0.3, -0.25) is 4.79 Å². The summed E-state index contributed by atoms with van der Waals surface area (Å²) in [7, 11) is 0. The number of hydrogen-bond acceptors (Lipinski definition) is 3. The number of rotatable bonds is 2. The van der Waals surface area contributed by atoms with Crippen LogP contribution >= 0.6 is 27.3 Å². The van der Waals surface area contributed by atoms with Crippen molar-refractivity contribution >= 4 is 44.0 Å². The molecule has 0 atom stereocenters. The molecule has 4 heteroatoms. The van der Waals surface area contributed by atoms with Crippen molar-refractivity contribution in [3.05, 3.63) is 56.4 Å². The van der Waals surface area contributed by atoms with E-state index in [0.29, 0.717) is 10.6 Å². The van der Waals surface area contributed by atoms with Crippen LogP contribution in [-0.4, -0.2) is 5.78 Å². The van der Waals surface area contributed by atoms with E-state index in [1.807, 2.05) is 37.3 Å². The van der Waals surface area contributed by atoms with Gasteiger partial charge in [0.05, 0.1) is 8.66 Å². The van der Waals surface area contributed by atoms with E-state index in [9.17, 15) is 4.79 Å². The molecule has 18 heavy (non-hydrogen) atoms. The number of benzene rings is 1. The molecule has 90 valence electrons. The minimum atomic E-state index is -0.0648. The van der Waals surface area contributed by atoms with Crippen LogP contribution in [0.2, 0.25) is 0 Å². The first-order chi connectivity index (χ1) is 8.65. The Bertz CT molecular complexity index is 687. The smallest absolute Gasteiger partial charge is 0.238 e. The number of hydrogen-bond donors (Lipinski definition) is 0. The van der Waals surface area contributed by atoms with Gasteiger partial charge in [-0.15, -0.1) is 11.3 Å². The van der Waals surface area contributed by atoms with Gasteiger partial charge in [0.2, 0.25) is 5.78 Å². The molecule has 0 bridgehead atoms. The Morgan fingerprint density at radius 1 is 1.28 bits per heavy atom. The lowest BCUT2D eigenvalue weighted by Gasteiger charge is -1.90. The first-order valence-corrected chi connectivity index (χ1v) is 7.05. The van der Waals surface area contributed by atoms with E-state index in [0.717, 1.165) is 20.3 Å². The Hall–Kier alpha value is -1.39. The van der Waals surface area contributed by atoms with Crippen LogP contribution in [0.4, 0.5) is 0 Å². The monoisotopic (exact) mass is 320 g/mol. The highest BCUT2D eigenvalue weighted by molar-refractivity contribution is 9.11. The molecule has 1 aromatic carbocycles. The summed E-state index contributed by atoms with van der Waals surface area (Å²) in [6, 6.07) is 11.3. The highest BCUT2D eigenvalue weighted by atomic mass is 79.9. The van der Waals surface area contributed by atoms with E-state index in [-0.39, 0.29) is 5.78 Å². The van der Waals surface area contributed by atoms with Crippen LogP contribution in [0.5, 0.6) is 0 Å². The summed E-state index contributed by atoms with van der Waals surface area (Å²) < 4.78 is 6.56. The van der Waals surface area contributed by atoms with Gasteiger partial charge in [0, 0.05) is 5.39 Å². The molecule has 0 aliphatic heterocycles. The van der Waals surface area contributed by atoms with Gasteiger partial charge < -0.3 is 4.42 Å². The fourth-order valence-electron chi connectivity index (χ4n) is 1.79. The van der Waals surface area contributed by atoms with Gasteiger partial charge in [-0.25, -0.2) is 0 Å². The zero-order chi connectivity index (χ0) is 12.7. The van der Waals surface area contributed by atoms with E-state index >= 15 is 0 Å². The topological polar surface area (TPSA) is 30.2 Å². The first kappa shape index (κ1) is 11.7. The quantitative estimate of drug-likeness (QED) is 0.635. The predicted molar refractivity (Wildman–Crippen MR) is 76.4 cm³/mol. The van der Waals surface area contributed by atoms with Crippen LogP contribution in [0, 0.1) is 6.92 Å². The molecule has 0 saturated carbocycles. The van der Waals surface area contributed by atoms with Crippen molar-refractivity contribution in [2.45, 2.75) is 6.92 Å². The number of halogens is 1. The van der Waals surface area contributed by atoms with Crippen LogP contribution in [-0.2, 0) is 0 Å². The van der Waals surface area contributed by atoms with Crippen molar-refractivity contribution in [2.75, 3.05) is 0 Å². The van der Waals surface area contributed by atoms with Gasteiger partial charge in [-0.1, -0.05) is 18.2 Å². The second-order valence-electron chi connectivity index (χ2n) is 4.04. The van der Waals surface area contributed by atoms with Crippen molar-refractivity contribution in [3.8, 4) is 0 Å². The maximum atomic E-state index is 12.3. The number of para-hydroxylation sites is 1. The lowest BCUT2D eigenvalue weighted by molar-refractivity contribution is 0.101. The van der Waals surface area contributed by atoms with Crippen LogP contribution in [0.25, 0.3) is 11.0 Å². The standard InChI is InChI=1S/C14H9BrO2S/c1-8-6-12(18-14(8)15)13(16)11-7-9-4-2-3-5-10(9)17-11/h2-7H,1H3. The third kappa shape index (κ3) is 1.91. The van der Waals surface area contributed by atoms with Crippen molar-refractivity contribution in [3.63, 3.8) is 0 Å². The second-order valence-corrected chi connectivity index (χ2v) is 6.42. The van der Waals surface area contributed by atoms with Crippen LogP contribution in [0.15, 0.2) is 44.6 Å². The highest BCUT2D eigenvalue weighted by Gasteiger charge is 2.17. The average molecular weight is 321 g/mol. The number of aryl methyl sites for hydroxylation is 1. The molecule has 0 amide bonds. The third-order valence-electron chi connectivity index (χ3n) is 2.73. The van der Waals surface area contributed by atoms with Gasteiger partial charge in [0.25, 0.3) is 0 Å². The summed E-state index contributed by atoms with van der Waals surface area (Å²) in [4.78, 5) is 13.0. The van der Waals surface area contributed by atoms with E-state index in [4.69, 9.17) is 4.42 Å². The van der Waals surface area contributed by atoms with Crippen molar-refractivity contribution < 1.29 is 9.21 Å². The lowest BCUT2D eigenvalue weighted by Crippen LogP contribution is -1.95. The summed E-state index contributed by atoms with van der Waals surface area (Å²) in [6.07, 6.45) is 0. The van der Waals surface area contributed by atoms with Crippen molar-refractivity contribution in [1.82, 2.24) is 0 Å². The summed E-state index contributed by atoms with van der Waals surface area (Å²) in [5, 5.41) is 0.952. The Balaban J connectivity index is 2.06. The zero-order valence-corrected chi connectivity index (χ0v) is 12.0. The number of furan rings is 1. The molecule has 3 aromatic rings. The number of carbonyl (C=O) groups excluding carboxylic acids is 1. The normalized spacial score (nSPS) is 11.0. The largest absolute Gasteiger partial charge is 0.453 e. The molecule has 0 spiro atoms. The van der Waals surface area contributed by atoms with Gasteiger partial charge in [0.15, 0.2) is 5.76 Å². The molecule has 0 unspecified atom stereocenters. The van der Waals surface area contributed by atoms with Gasteiger partial charge >= 0.3 is 0 Å². The first-order valence-electron chi connectivity index (χ1n) is 5.44. The highest BCUT2D eigenvalue weighted by Crippen LogP contribution is 2.30. The Morgan fingerprint density at radius 3 is 2.72 bits per heavy atom. The minimum absolute atomic E-state index is 0.0648. The lowest BCUT2D eigenvalue weighted by atomic mass is 10.2. The van der Waals surface area contributed by atoms with Crippen LogP contribution in [0.1, 0.15) is 21.0 Å². The molecule has 0 N–H and O–H groups in total. The Labute approximate surface area is 116 Å². The number of fused-ring (bicyclic) bond motifs is 1. The molecule has 0 saturated heterocycles. The predicted octanol–water partition coefficient (Wildman–Crippen LogP) is 4.80. The molecule has 2 nitrogen and oxygen atoms in total. The molecular weight excluding hydrogens is 312 g/mol. The van der Waals surface area contributed by atoms with Crippen LogP contribution < -0.4 is 0 Å². The van der Waals surface area contributed by atoms with Crippen molar-refractivity contribution in [1.29, 1.82) is 0 Å². The van der Waals surface area contributed by atoms with Crippen molar-refractivity contribution in [2.24, 2.45) is 0 Å². The summed E-state index contributed by atoms with van der Waals surface area (Å²) in [5.41, 5.74) is 1.81. The maximum absolute atomic E-state index is 12.3. The Kier molecular flexibility index (Phi) is 2.84. The second kappa shape index (κ2) is 4.37. The van der Waals surface area contributed by atoms with Gasteiger partial charge in [0.1, 0.15) is 5.58 Å². The molecule has 0 fully saturated rings. The summed E-state index contributed by atoms with van der Waals surface area (Å²) in [6.45, 7) is 1.97. The average Bonchev–Trinajstić information content (AvgIpc) is 2.93. The van der Waals surface area contributed by atoms with E-state index < -0.39 is 0 Å². The molecule has 2 heterocycles. The zero-order valence-electron chi connectivity index (χ0n) is 9.57. The molecule has 0 aliphatic carbocycles. The minimum Gasteiger partial charge on any atom is -0.453 e. The molecule has 2 aromatic heterocycles. The molecule has 0 radical (unpaired) electrons.